The molecule has 5 heteroatoms. The summed E-state index contributed by atoms with van der Waals surface area (Å²) in [4.78, 5) is 0. The molecule has 0 unspecified atom stereocenters. The van der Waals surface area contributed by atoms with E-state index in [1.54, 1.807) is 18.9 Å². The highest BCUT2D eigenvalue weighted by Gasteiger charge is 2.14. The van der Waals surface area contributed by atoms with Crippen molar-refractivity contribution in [2.75, 3.05) is 19.5 Å². The first-order valence-corrected chi connectivity index (χ1v) is 6.51. The van der Waals surface area contributed by atoms with Gasteiger partial charge >= 0.3 is 0 Å². The number of anilines is 1. The van der Waals surface area contributed by atoms with Crippen molar-refractivity contribution >= 4 is 5.69 Å². The largest absolute Gasteiger partial charge is 0.495 e. The third kappa shape index (κ3) is 2.71. The molecular weight excluding hydrogens is 254 g/mol. The van der Waals surface area contributed by atoms with Crippen molar-refractivity contribution in [2.45, 2.75) is 20.4 Å². The van der Waals surface area contributed by atoms with Crippen molar-refractivity contribution in [1.29, 1.82) is 0 Å². The first-order chi connectivity index (χ1) is 9.56. The van der Waals surface area contributed by atoms with Crippen LogP contribution in [0.15, 0.2) is 18.2 Å². The molecule has 0 aliphatic carbocycles. The van der Waals surface area contributed by atoms with Crippen LogP contribution in [0, 0.1) is 13.8 Å². The molecular formula is C15H21N3O2. The number of benzene rings is 1. The van der Waals surface area contributed by atoms with Crippen LogP contribution in [0.1, 0.15) is 16.8 Å². The van der Waals surface area contributed by atoms with Crippen LogP contribution in [-0.4, -0.2) is 24.0 Å². The maximum Gasteiger partial charge on any atom is 0.216 e. The lowest BCUT2D eigenvalue weighted by molar-refractivity contribution is 0.369. The normalized spacial score (nSPS) is 10.4. The van der Waals surface area contributed by atoms with Gasteiger partial charge in [0.1, 0.15) is 5.75 Å². The number of aromatic nitrogens is 2. The van der Waals surface area contributed by atoms with Crippen LogP contribution < -0.4 is 14.8 Å². The molecule has 1 heterocycles. The highest BCUT2D eigenvalue weighted by molar-refractivity contribution is 5.58. The molecule has 0 fully saturated rings. The Labute approximate surface area is 119 Å². The summed E-state index contributed by atoms with van der Waals surface area (Å²) in [6.45, 7) is 4.66. The lowest BCUT2D eigenvalue weighted by atomic mass is 10.2. The summed E-state index contributed by atoms with van der Waals surface area (Å²) in [6.07, 6.45) is 0. The number of ether oxygens (including phenoxy) is 2. The van der Waals surface area contributed by atoms with Crippen LogP contribution in [0.3, 0.4) is 0 Å². The Bertz CT molecular complexity index is 605. The van der Waals surface area contributed by atoms with Gasteiger partial charge in [-0.3, -0.25) is 0 Å². The number of aryl methyl sites for hydroxylation is 3. The van der Waals surface area contributed by atoms with Crippen molar-refractivity contribution in [3.63, 3.8) is 0 Å². The van der Waals surface area contributed by atoms with E-state index in [1.165, 1.54) is 5.56 Å². The van der Waals surface area contributed by atoms with Gasteiger partial charge in [-0.2, -0.15) is 5.10 Å². The van der Waals surface area contributed by atoms with Crippen molar-refractivity contribution in [3.8, 4) is 11.6 Å². The summed E-state index contributed by atoms with van der Waals surface area (Å²) in [5.74, 6) is 1.62. The number of rotatable bonds is 5. The van der Waals surface area contributed by atoms with Gasteiger partial charge in [-0.15, -0.1) is 0 Å². The zero-order valence-corrected chi connectivity index (χ0v) is 12.7. The van der Waals surface area contributed by atoms with Crippen LogP contribution in [0.4, 0.5) is 5.69 Å². The maximum absolute atomic E-state index is 5.39. The van der Waals surface area contributed by atoms with E-state index in [4.69, 9.17) is 9.47 Å². The molecule has 1 N–H and O–H groups in total. The number of nitrogens with one attached hydrogen (secondary N) is 1. The van der Waals surface area contributed by atoms with Gasteiger partial charge in [-0.05, 0) is 31.5 Å². The van der Waals surface area contributed by atoms with E-state index in [2.05, 4.69) is 16.5 Å². The zero-order chi connectivity index (χ0) is 14.7. The van der Waals surface area contributed by atoms with Gasteiger partial charge in [0.05, 0.1) is 31.2 Å². The van der Waals surface area contributed by atoms with Gasteiger partial charge in [0, 0.05) is 13.6 Å². The third-order valence-electron chi connectivity index (χ3n) is 3.29. The molecule has 2 rings (SSSR count). The summed E-state index contributed by atoms with van der Waals surface area (Å²) in [5, 5.41) is 7.75. The Morgan fingerprint density at radius 1 is 1.20 bits per heavy atom. The highest BCUT2D eigenvalue weighted by atomic mass is 16.5. The SMILES string of the molecule is COc1cc(C)ccc1NCc1c(C)nn(C)c1OC. The summed E-state index contributed by atoms with van der Waals surface area (Å²) >= 11 is 0. The summed E-state index contributed by atoms with van der Waals surface area (Å²) in [5.41, 5.74) is 4.14. The van der Waals surface area contributed by atoms with Crippen LogP contribution in [0.5, 0.6) is 11.6 Å². The average molecular weight is 275 g/mol. The second kappa shape index (κ2) is 5.86. The van der Waals surface area contributed by atoms with Crippen LogP contribution in [0.2, 0.25) is 0 Å². The molecule has 0 radical (unpaired) electrons. The lowest BCUT2D eigenvalue weighted by Crippen LogP contribution is -2.04. The minimum absolute atomic E-state index is 0.641. The Morgan fingerprint density at radius 3 is 2.60 bits per heavy atom. The molecule has 0 amide bonds. The zero-order valence-electron chi connectivity index (χ0n) is 12.7. The van der Waals surface area contributed by atoms with Crippen molar-refractivity contribution in [2.24, 2.45) is 7.05 Å². The molecule has 5 nitrogen and oxygen atoms in total. The predicted octanol–water partition coefficient (Wildman–Crippen LogP) is 2.67. The lowest BCUT2D eigenvalue weighted by Gasteiger charge is -2.12. The number of hydrogen-bond donors (Lipinski definition) is 1. The van der Waals surface area contributed by atoms with E-state index in [0.717, 1.165) is 28.6 Å². The topological polar surface area (TPSA) is 48.3 Å². The molecule has 108 valence electrons. The molecule has 1 aromatic carbocycles. The Hall–Kier alpha value is -2.17. The predicted molar refractivity (Wildman–Crippen MR) is 79.6 cm³/mol. The van der Waals surface area contributed by atoms with Gasteiger partial charge in [-0.1, -0.05) is 6.07 Å². The fraction of sp³-hybridized carbons (Fsp3) is 0.400. The Balaban J connectivity index is 2.21. The van der Waals surface area contributed by atoms with Gasteiger partial charge in [-0.25, -0.2) is 4.68 Å². The summed E-state index contributed by atoms with van der Waals surface area (Å²) in [7, 11) is 5.21. The molecule has 1 aromatic heterocycles. The molecule has 0 spiro atoms. The summed E-state index contributed by atoms with van der Waals surface area (Å²) in [6, 6.07) is 6.08. The standard InChI is InChI=1S/C15H21N3O2/c1-10-6-7-13(14(8-10)19-4)16-9-12-11(2)17-18(3)15(12)20-5/h6-8,16H,9H2,1-5H3. The van der Waals surface area contributed by atoms with Crippen molar-refractivity contribution in [3.05, 3.63) is 35.0 Å². The van der Waals surface area contributed by atoms with E-state index in [0.29, 0.717) is 6.54 Å². The van der Waals surface area contributed by atoms with E-state index < -0.39 is 0 Å². The first-order valence-electron chi connectivity index (χ1n) is 6.51. The smallest absolute Gasteiger partial charge is 0.216 e. The maximum atomic E-state index is 5.39. The second-order valence-corrected chi connectivity index (χ2v) is 4.75. The molecule has 0 bridgehead atoms. The van der Waals surface area contributed by atoms with Crippen molar-refractivity contribution < 1.29 is 9.47 Å². The summed E-state index contributed by atoms with van der Waals surface area (Å²) < 4.78 is 12.5. The number of methoxy groups -OCH3 is 2. The van der Waals surface area contributed by atoms with E-state index in [9.17, 15) is 0 Å². The van der Waals surface area contributed by atoms with Crippen molar-refractivity contribution in [1.82, 2.24) is 9.78 Å². The van der Waals surface area contributed by atoms with Gasteiger partial charge in [0.2, 0.25) is 5.88 Å². The molecule has 20 heavy (non-hydrogen) atoms. The van der Waals surface area contributed by atoms with Gasteiger partial charge < -0.3 is 14.8 Å². The Kier molecular flexibility index (Phi) is 4.17. The first kappa shape index (κ1) is 14.2. The molecule has 0 saturated heterocycles. The monoisotopic (exact) mass is 275 g/mol. The fourth-order valence-electron chi connectivity index (χ4n) is 2.27. The molecule has 0 saturated carbocycles. The van der Waals surface area contributed by atoms with Gasteiger partial charge in [0.25, 0.3) is 0 Å². The second-order valence-electron chi connectivity index (χ2n) is 4.75. The van der Waals surface area contributed by atoms with Gasteiger partial charge in [0.15, 0.2) is 0 Å². The molecule has 0 atom stereocenters. The fourth-order valence-corrected chi connectivity index (χ4v) is 2.27. The van der Waals surface area contributed by atoms with E-state index in [-0.39, 0.29) is 0 Å². The average Bonchev–Trinajstić information content (AvgIpc) is 2.70. The third-order valence-corrected chi connectivity index (χ3v) is 3.29. The number of nitrogens with zero attached hydrogens (tertiary/aromatic N) is 2. The van der Waals surface area contributed by atoms with E-state index in [1.807, 2.05) is 33.0 Å². The minimum atomic E-state index is 0.641. The van der Waals surface area contributed by atoms with Crippen LogP contribution >= 0.6 is 0 Å². The Morgan fingerprint density at radius 2 is 1.95 bits per heavy atom. The highest BCUT2D eigenvalue weighted by Crippen LogP contribution is 2.28. The molecule has 0 aliphatic heterocycles. The van der Waals surface area contributed by atoms with Crippen LogP contribution in [0.25, 0.3) is 0 Å². The number of hydrogen-bond acceptors (Lipinski definition) is 4. The van der Waals surface area contributed by atoms with E-state index >= 15 is 0 Å². The minimum Gasteiger partial charge on any atom is -0.495 e. The molecule has 0 aliphatic rings. The quantitative estimate of drug-likeness (QED) is 0.911. The van der Waals surface area contributed by atoms with Crippen LogP contribution in [-0.2, 0) is 13.6 Å². The molecule has 2 aromatic rings.